The Labute approximate surface area is 117 Å². The number of aryl methyl sites for hydroxylation is 1. The van der Waals surface area contributed by atoms with Crippen molar-refractivity contribution in [3.8, 4) is 0 Å². The Morgan fingerprint density at radius 2 is 2.16 bits per heavy atom. The number of hydrogen-bond acceptors (Lipinski definition) is 3. The molecule has 5 nitrogen and oxygen atoms in total. The Morgan fingerprint density at radius 1 is 1.42 bits per heavy atom. The summed E-state index contributed by atoms with van der Waals surface area (Å²) in [5.41, 5.74) is 0.552. The Bertz CT molecular complexity index is 539. The van der Waals surface area contributed by atoms with Crippen LogP contribution in [0.2, 0.25) is 0 Å². The average molecular weight is 281 g/mol. The lowest BCUT2D eigenvalue weighted by Crippen LogP contribution is -2.47. The molecule has 0 unspecified atom stereocenters. The zero-order valence-electron chi connectivity index (χ0n) is 11.5. The van der Waals surface area contributed by atoms with Crippen LogP contribution in [0.1, 0.15) is 13.8 Å². The first-order valence-corrected chi connectivity index (χ1v) is 7.22. The fourth-order valence-electron chi connectivity index (χ4n) is 2.06. The smallest absolute Gasteiger partial charge is 0.321 e. The highest BCUT2D eigenvalue weighted by molar-refractivity contribution is 8.00. The zero-order valence-corrected chi connectivity index (χ0v) is 12.3. The van der Waals surface area contributed by atoms with Gasteiger partial charge >= 0.3 is 6.03 Å². The van der Waals surface area contributed by atoms with E-state index in [1.54, 1.807) is 19.3 Å². The van der Waals surface area contributed by atoms with Gasteiger partial charge in [-0.15, -0.1) is 0 Å². The maximum atomic E-state index is 12.2. The standard InChI is InChI=1S/C13H19N3O2S/c1-13(2)9-16(6-7-19-13)12(18)14-10-4-5-11(17)15(3)8-10/h4-5,8H,6-7,9H2,1-3H3,(H,14,18). The molecule has 0 spiro atoms. The summed E-state index contributed by atoms with van der Waals surface area (Å²) < 4.78 is 1.55. The monoisotopic (exact) mass is 281 g/mol. The van der Waals surface area contributed by atoms with E-state index in [2.05, 4.69) is 19.2 Å². The number of pyridine rings is 1. The Hall–Kier alpha value is -1.43. The molecule has 0 saturated carbocycles. The summed E-state index contributed by atoms with van der Waals surface area (Å²) in [6.07, 6.45) is 1.63. The number of carbonyl (C=O) groups is 1. The molecule has 2 heterocycles. The topological polar surface area (TPSA) is 54.3 Å². The van der Waals surface area contributed by atoms with E-state index in [0.29, 0.717) is 5.69 Å². The van der Waals surface area contributed by atoms with Gasteiger partial charge in [0.05, 0.1) is 5.69 Å². The molecule has 1 aliphatic heterocycles. The molecule has 0 aromatic carbocycles. The zero-order chi connectivity index (χ0) is 14.0. The van der Waals surface area contributed by atoms with Crippen molar-refractivity contribution in [3.05, 3.63) is 28.7 Å². The van der Waals surface area contributed by atoms with Crippen molar-refractivity contribution in [3.63, 3.8) is 0 Å². The van der Waals surface area contributed by atoms with Gasteiger partial charge in [0.25, 0.3) is 0 Å². The van der Waals surface area contributed by atoms with Gasteiger partial charge in [-0.1, -0.05) is 0 Å². The van der Waals surface area contributed by atoms with Crippen molar-refractivity contribution >= 4 is 23.5 Å². The van der Waals surface area contributed by atoms with Crippen molar-refractivity contribution in [2.45, 2.75) is 18.6 Å². The van der Waals surface area contributed by atoms with Crippen molar-refractivity contribution < 1.29 is 4.79 Å². The van der Waals surface area contributed by atoms with Crippen molar-refractivity contribution in [1.82, 2.24) is 9.47 Å². The first kappa shape index (κ1) is 14.0. The molecule has 2 amide bonds. The second-order valence-corrected chi connectivity index (χ2v) is 7.13. The second-order valence-electron chi connectivity index (χ2n) is 5.33. The number of carbonyl (C=O) groups excluding carboxylic acids is 1. The van der Waals surface area contributed by atoms with Crippen LogP contribution < -0.4 is 10.9 Å². The quantitative estimate of drug-likeness (QED) is 0.853. The summed E-state index contributed by atoms with van der Waals surface area (Å²) in [5.74, 6) is 0.952. The number of aromatic nitrogens is 1. The Kier molecular flexibility index (Phi) is 3.89. The molecule has 6 heteroatoms. The molecule has 0 aliphatic carbocycles. The van der Waals surface area contributed by atoms with E-state index in [9.17, 15) is 9.59 Å². The molecule has 1 aromatic heterocycles. The van der Waals surface area contributed by atoms with Crippen LogP contribution in [0.4, 0.5) is 10.5 Å². The highest BCUT2D eigenvalue weighted by Gasteiger charge is 2.29. The number of anilines is 1. The van der Waals surface area contributed by atoms with Crippen LogP contribution >= 0.6 is 11.8 Å². The summed E-state index contributed by atoms with van der Waals surface area (Å²) in [7, 11) is 1.67. The van der Waals surface area contributed by atoms with E-state index in [4.69, 9.17) is 0 Å². The number of hydrogen-bond donors (Lipinski definition) is 1. The number of urea groups is 1. The van der Waals surface area contributed by atoms with E-state index in [-0.39, 0.29) is 16.3 Å². The van der Waals surface area contributed by atoms with Crippen molar-refractivity contribution in [1.29, 1.82) is 0 Å². The third kappa shape index (κ3) is 3.53. The lowest BCUT2D eigenvalue weighted by Gasteiger charge is -2.37. The van der Waals surface area contributed by atoms with Gasteiger partial charge in [-0.3, -0.25) is 4.79 Å². The molecule has 104 valence electrons. The van der Waals surface area contributed by atoms with E-state index >= 15 is 0 Å². The van der Waals surface area contributed by atoms with Crippen LogP contribution in [0.25, 0.3) is 0 Å². The first-order chi connectivity index (χ1) is 8.87. The van der Waals surface area contributed by atoms with Crippen LogP contribution in [0, 0.1) is 0 Å². The maximum absolute atomic E-state index is 12.2. The molecule has 2 rings (SSSR count). The second kappa shape index (κ2) is 5.28. The fraction of sp³-hybridized carbons (Fsp3) is 0.538. The number of nitrogens with zero attached hydrogens (tertiary/aromatic N) is 2. The molecule has 0 atom stereocenters. The van der Waals surface area contributed by atoms with Gasteiger partial charge in [0.1, 0.15) is 0 Å². The summed E-state index contributed by atoms with van der Waals surface area (Å²) in [4.78, 5) is 25.3. The molecule has 1 fully saturated rings. The number of nitrogens with one attached hydrogen (secondary N) is 1. The lowest BCUT2D eigenvalue weighted by atomic mass is 10.2. The molecule has 19 heavy (non-hydrogen) atoms. The number of thioether (sulfide) groups is 1. The van der Waals surface area contributed by atoms with Crippen LogP contribution in [-0.2, 0) is 7.05 Å². The fourth-order valence-corrected chi connectivity index (χ4v) is 3.17. The predicted octanol–water partition coefficient (Wildman–Crippen LogP) is 1.74. The first-order valence-electron chi connectivity index (χ1n) is 6.24. The van der Waals surface area contributed by atoms with Crippen molar-refractivity contribution in [2.24, 2.45) is 7.05 Å². The maximum Gasteiger partial charge on any atom is 0.321 e. The van der Waals surface area contributed by atoms with E-state index in [1.165, 1.54) is 10.6 Å². The van der Waals surface area contributed by atoms with Gasteiger partial charge in [0.15, 0.2) is 0 Å². The Morgan fingerprint density at radius 3 is 2.79 bits per heavy atom. The highest BCUT2D eigenvalue weighted by atomic mass is 32.2. The SMILES string of the molecule is Cn1cc(NC(=O)N2CCSC(C)(C)C2)ccc1=O. The van der Waals surface area contributed by atoms with Crippen LogP contribution in [0.3, 0.4) is 0 Å². The lowest BCUT2D eigenvalue weighted by molar-refractivity contribution is 0.208. The molecule has 1 aromatic rings. The van der Waals surface area contributed by atoms with Gasteiger partial charge in [-0.05, 0) is 19.9 Å². The predicted molar refractivity (Wildman–Crippen MR) is 78.8 cm³/mol. The highest BCUT2D eigenvalue weighted by Crippen LogP contribution is 2.29. The molecule has 1 aliphatic rings. The van der Waals surface area contributed by atoms with E-state index < -0.39 is 0 Å². The summed E-state index contributed by atoms with van der Waals surface area (Å²) >= 11 is 1.89. The normalized spacial score (nSPS) is 18.2. The van der Waals surface area contributed by atoms with E-state index in [1.807, 2.05) is 16.7 Å². The van der Waals surface area contributed by atoms with Crippen LogP contribution in [0.15, 0.2) is 23.1 Å². The number of rotatable bonds is 1. The number of amides is 2. The summed E-state index contributed by atoms with van der Waals surface area (Å²) in [5, 5.41) is 2.84. The Balaban J connectivity index is 2.04. The minimum atomic E-state index is -0.105. The van der Waals surface area contributed by atoms with E-state index in [0.717, 1.165) is 18.8 Å². The van der Waals surface area contributed by atoms with Gasteiger partial charge < -0.3 is 14.8 Å². The van der Waals surface area contributed by atoms with Gasteiger partial charge in [-0.25, -0.2) is 4.79 Å². The molecule has 0 bridgehead atoms. The van der Waals surface area contributed by atoms with Gasteiger partial charge in [0, 0.05) is 42.9 Å². The van der Waals surface area contributed by atoms with Gasteiger partial charge in [0.2, 0.25) is 5.56 Å². The summed E-state index contributed by atoms with van der Waals surface area (Å²) in [6.45, 7) is 5.77. The molecule has 1 saturated heterocycles. The van der Waals surface area contributed by atoms with Gasteiger partial charge in [-0.2, -0.15) is 11.8 Å². The third-order valence-electron chi connectivity index (χ3n) is 3.05. The molecular weight excluding hydrogens is 262 g/mol. The average Bonchev–Trinajstić information content (AvgIpc) is 2.32. The van der Waals surface area contributed by atoms with Crippen LogP contribution in [0.5, 0.6) is 0 Å². The van der Waals surface area contributed by atoms with Crippen molar-refractivity contribution in [2.75, 3.05) is 24.2 Å². The molecular formula is C13H19N3O2S. The largest absolute Gasteiger partial charge is 0.322 e. The van der Waals surface area contributed by atoms with Crippen LogP contribution in [-0.4, -0.2) is 39.1 Å². The summed E-state index contributed by atoms with van der Waals surface area (Å²) in [6, 6.07) is 2.97. The third-order valence-corrected chi connectivity index (χ3v) is 4.35. The molecule has 1 N–H and O–H groups in total. The molecule has 0 radical (unpaired) electrons. The minimum Gasteiger partial charge on any atom is -0.322 e. The minimum absolute atomic E-state index is 0.0893.